The number of rotatable bonds is 8. The van der Waals surface area contributed by atoms with Gasteiger partial charge in [-0.15, -0.1) is 0 Å². The lowest BCUT2D eigenvalue weighted by molar-refractivity contribution is -0.118. The molecular formula is C17H19N9O2. The van der Waals surface area contributed by atoms with Gasteiger partial charge in [0.2, 0.25) is 11.9 Å². The van der Waals surface area contributed by atoms with Crippen LogP contribution < -0.4 is 22.1 Å². The van der Waals surface area contributed by atoms with Crippen LogP contribution in [0, 0.1) is 0 Å². The predicted octanol–water partition coefficient (Wildman–Crippen LogP) is 0.576. The maximum atomic E-state index is 11.7. The molecule has 3 aromatic rings. The van der Waals surface area contributed by atoms with E-state index in [9.17, 15) is 9.59 Å². The lowest BCUT2D eigenvalue weighted by atomic mass is 10.2. The number of primary amides is 2. The third kappa shape index (κ3) is 4.20. The van der Waals surface area contributed by atoms with Crippen molar-refractivity contribution in [1.82, 2.24) is 25.0 Å². The van der Waals surface area contributed by atoms with E-state index in [4.69, 9.17) is 11.5 Å². The van der Waals surface area contributed by atoms with Crippen LogP contribution in [0.4, 0.5) is 17.5 Å². The topological polar surface area (TPSA) is 167 Å². The van der Waals surface area contributed by atoms with Crippen molar-refractivity contribution in [3.63, 3.8) is 0 Å². The van der Waals surface area contributed by atoms with Gasteiger partial charge in [0.25, 0.3) is 5.91 Å². The maximum Gasteiger partial charge on any atom is 0.254 e. The molecule has 0 fully saturated rings. The Morgan fingerprint density at radius 2 is 1.96 bits per heavy atom. The zero-order valence-corrected chi connectivity index (χ0v) is 15.0. The molecule has 144 valence electrons. The van der Waals surface area contributed by atoms with Gasteiger partial charge < -0.3 is 22.1 Å². The van der Waals surface area contributed by atoms with Crippen LogP contribution in [0.15, 0.2) is 42.9 Å². The molecule has 0 spiro atoms. The lowest BCUT2D eigenvalue weighted by Crippen LogP contribution is -2.35. The fourth-order valence-corrected chi connectivity index (χ4v) is 2.45. The Kier molecular flexibility index (Phi) is 5.44. The molecule has 0 saturated carbocycles. The second-order valence-corrected chi connectivity index (χ2v) is 5.82. The molecule has 2 amide bonds. The van der Waals surface area contributed by atoms with E-state index in [1.54, 1.807) is 37.5 Å². The summed E-state index contributed by atoms with van der Waals surface area (Å²) in [5.74, 6) is -0.891. The van der Waals surface area contributed by atoms with Gasteiger partial charge in [-0.25, -0.2) is 4.98 Å². The second-order valence-electron chi connectivity index (χ2n) is 5.82. The van der Waals surface area contributed by atoms with Crippen molar-refractivity contribution in [3.05, 3.63) is 48.4 Å². The molecule has 28 heavy (non-hydrogen) atoms. The molecular weight excluding hydrogens is 362 g/mol. The summed E-state index contributed by atoms with van der Waals surface area (Å²) in [5.41, 5.74) is 12.2. The maximum absolute atomic E-state index is 11.7. The number of carbonyl (C=O) groups excluding carboxylic acids is 2. The van der Waals surface area contributed by atoms with E-state index in [-0.39, 0.29) is 17.3 Å². The highest BCUT2D eigenvalue weighted by atomic mass is 16.1. The van der Waals surface area contributed by atoms with E-state index in [1.165, 1.54) is 11.0 Å². The van der Waals surface area contributed by atoms with Crippen molar-refractivity contribution < 1.29 is 9.59 Å². The average Bonchev–Trinajstić information content (AvgIpc) is 3.21. The molecule has 0 saturated heterocycles. The Morgan fingerprint density at radius 3 is 2.61 bits per heavy atom. The number of benzene rings is 1. The van der Waals surface area contributed by atoms with E-state index in [0.29, 0.717) is 17.8 Å². The number of anilines is 3. The van der Waals surface area contributed by atoms with Crippen LogP contribution in [0.25, 0.3) is 5.69 Å². The first kappa shape index (κ1) is 18.8. The van der Waals surface area contributed by atoms with Crippen molar-refractivity contribution in [1.29, 1.82) is 0 Å². The second kappa shape index (κ2) is 8.12. The Bertz CT molecular complexity index is 988. The largest absolute Gasteiger partial charge is 0.368 e. The quantitative estimate of drug-likeness (QED) is 0.439. The smallest absolute Gasteiger partial charge is 0.254 e. The third-order valence-corrected chi connectivity index (χ3v) is 3.87. The monoisotopic (exact) mass is 381 g/mol. The number of carbonyl (C=O) groups is 2. The van der Waals surface area contributed by atoms with Crippen LogP contribution in [0.1, 0.15) is 23.7 Å². The zero-order valence-electron chi connectivity index (χ0n) is 15.0. The van der Waals surface area contributed by atoms with Gasteiger partial charge in [0, 0.05) is 11.9 Å². The number of aromatic nitrogens is 5. The zero-order chi connectivity index (χ0) is 20.1. The summed E-state index contributed by atoms with van der Waals surface area (Å²) in [7, 11) is 0. The molecule has 11 heteroatoms. The minimum atomic E-state index is -0.694. The lowest BCUT2D eigenvalue weighted by Gasteiger charge is -2.15. The van der Waals surface area contributed by atoms with Gasteiger partial charge in [0.15, 0.2) is 0 Å². The predicted molar refractivity (Wildman–Crippen MR) is 102 cm³/mol. The van der Waals surface area contributed by atoms with Crippen LogP contribution in [0.2, 0.25) is 0 Å². The highest BCUT2D eigenvalue weighted by Crippen LogP contribution is 2.21. The van der Waals surface area contributed by atoms with Crippen LogP contribution in [-0.2, 0) is 4.79 Å². The van der Waals surface area contributed by atoms with Gasteiger partial charge in [0.1, 0.15) is 17.4 Å². The summed E-state index contributed by atoms with van der Waals surface area (Å²) in [4.78, 5) is 32.9. The molecule has 11 nitrogen and oxygen atoms in total. The molecule has 1 atom stereocenters. The van der Waals surface area contributed by atoms with E-state index in [1.807, 2.05) is 6.07 Å². The fraction of sp³-hybridized carbons (Fsp3) is 0.176. The molecule has 0 aliphatic carbocycles. The molecule has 0 radical (unpaired) electrons. The summed E-state index contributed by atoms with van der Waals surface area (Å²) < 4.78 is 0. The first-order chi connectivity index (χ1) is 13.5. The van der Waals surface area contributed by atoms with E-state index < -0.39 is 17.9 Å². The molecule has 0 bridgehead atoms. The normalized spacial score (nSPS) is 11.6. The van der Waals surface area contributed by atoms with Gasteiger partial charge in [-0.1, -0.05) is 13.0 Å². The van der Waals surface area contributed by atoms with Crippen molar-refractivity contribution in [3.8, 4) is 5.69 Å². The van der Waals surface area contributed by atoms with Gasteiger partial charge in [-0.05, 0) is 24.6 Å². The average molecular weight is 381 g/mol. The minimum absolute atomic E-state index is 0.0975. The Hall–Kier alpha value is -4.02. The Labute approximate surface area is 160 Å². The molecule has 2 aromatic heterocycles. The van der Waals surface area contributed by atoms with Gasteiger partial charge in [-0.2, -0.15) is 20.0 Å². The standard InChI is InChI=1S/C17H19N9O2/c1-2-13(15(19)28)24-17-20-9-12(14(18)27)16(25-17)23-10-4-3-5-11(8-10)26-21-6-7-22-26/h3-9,13H,2H2,1H3,(H2,18,27)(H2,19,28)(H2,20,23,24,25). The first-order valence-corrected chi connectivity index (χ1v) is 8.44. The summed E-state index contributed by atoms with van der Waals surface area (Å²) in [6.07, 6.45) is 4.87. The van der Waals surface area contributed by atoms with E-state index in [2.05, 4.69) is 30.8 Å². The molecule has 6 N–H and O–H groups in total. The molecule has 0 aliphatic heterocycles. The molecule has 1 unspecified atom stereocenters. The Balaban J connectivity index is 1.91. The van der Waals surface area contributed by atoms with Crippen molar-refractivity contribution in [2.24, 2.45) is 11.5 Å². The van der Waals surface area contributed by atoms with Crippen LogP contribution in [0.5, 0.6) is 0 Å². The summed E-state index contributed by atoms with van der Waals surface area (Å²) in [6, 6.07) is 6.54. The van der Waals surface area contributed by atoms with Crippen molar-refractivity contribution in [2.75, 3.05) is 10.6 Å². The van der Waals surface area contributed by atoms with Crippen molar-refractivity contribution >= 4 is 29.3 Å². The van der Waals surface area contributed by atoms with E-state index >= 15 is 0 Å². The minimum Gasteiger partial charge on any atom is -0.368 e. The SMILES string of the molecule is CCC(Nc1ncc(C(N)=O)c(Nc2cccc(-n3nccn3)c2)n1)C(N)=O. The number of nitrogens with zero attached hydrogens (tertiary/aromatic N) is 5. The van der Waals surface area contributed by atoms with Crippen LogP contribution in [-0.4, -0.2) is 42.8 Å². The highest BCUT2D eigenvalue weighted by molar-refractivity contribution is 5.98. The number of nitrogens with two attached hydrogens (primary N) is 2. The third-order valence-electron chi connectivity index (χ3n) is 3.87. The molecule has 0 aliphatic rings. The van der Waals surface area contributed by atoms with Crippen molar-refractivity contribution in [2.45, 2.75) is 19.4 Å². The Morgan fingerprint density at radius 1 is 1.21 bits per heavy atom. The van der Waals surface area contributed by atoms with Gasteiger partial charge >= 0.3 is 0 Å². The number of hydrogen-bond acceptors (Lipinski definition) is 8. The van der Waals surface area contributed by atoms with Gasteiger partial charge in [0.05, 0.1) is 18.1 Å². The van der Waals surface area contributed by atoms with E-state index in [0.717, 1.165) is 0 Å². The molecule has 2 heterocycles. The molecule has 1 aromatic carbocycles. The summed E-state index contributed by atoms with van der Waals surface area (Å²) in [5, 5.41) is 14.0. The number of hydrogen-bond donors (Lipinski definition) is 4. The molecule has 3 rings (SSSR count). The fourth-order valence-electron chi connectivity index (χ4n) is 2.45. The first-order valence-electron chi connectivity index (χ1n) is 8.44. The highest BCUT2D eigenvalue weighted by Gasteiger charge is 2.17. The number of amides is 2. The summed E-state index contributed by atoms with van der Waals surface area (Å²) >= 11 is 0. The van der Waals surface area contributed by atoms with Gasteiger partial charge in [-0.3, -0.25) is 9.59 Å². The summed E-state index contributed by atoms with van der Waals surface area (Å²) in [6.45, 7) is 1.80. The number of nitrogens with one attached hydrogen (secondary N) is 2. The van der Waals surface area contributed by atoms with Crippen LogP contribution in [0.3, 0.4) is 0 Å². The van der Waals surface area contributed by atoms with Crippen LogP contribution >= 0.6 is 0 Å².